The van der Waals surface area contributed by atoms with Gasteiger partial charge in [-0.3, -0.25) is 9.59 Å². The highest BCUT2D eigenvalue weighted by molar-refractivity contribution is 5.91. The third-order valence-electron chi connectivity index (χ3n) is 2.10. The van der Waals surface area contributed by atoms with Crippen molar-refractivity contribution >= 4 is 11.9 Å². The smallest absolute Gasteiger partial charge is 0.325 e. The van der Waals surface area contributed by atoms with E-state index in [0.29, 0.717) is 18.9 Å². The minimum absolute atomic E-state index is 0.0479. The summed E-state index contributed by atoms with van der Waals surface area (Å²) in [6, 6.07) is 0. The Hall–Kier alpha value is -2.78. The maximum Gasteiger partial charge on any atom is 0.325 e. The summed E-state index contributed by atoms with van der Waals surface area (Å²) in [5, 5.41) is 21.6. The average Bonchev–Trinajstić information content (AvgIpc) is 2.99. The van der Waals surface area contributed by atoms with Crippen molar-refractivity contribution in [2.45, 2.75) is 13.0 Å². The summed E-state index contributed by atoms with van der Waals surface area (Å²) in [5.74, 6) is -1.10. The molecule has 19 heavy (non-hydrogen) atoms. The molecule has 0 aliphatic carbocycles. The molecule has 0 radical (unpaired) electrons. The van der Waals surface area contributed by atoms with Crippen LogP contribution in [0.25, 0.3) is 0 Å². The largest absolute Gasteiger partial charge is 0.480 e. The second-order valence-corrected chi connectivity index (χ2v) is 3.54. The van der Waals surface area contributed by atoms with Crippen LogP contribution >= 0.6 is 0 Å². The van der Waals surface area contributed by atoms with Crippen LogP contribution in [-0.2, 0) is 17.8 Å². The van der Waals surface area contributed by atoms with E-state index in [9.17, 15) is 9.59 Å². The van der Waals surface area contributed by atoms with E-state index >= 15 is 0 Å². The van der Waals surface area contributed by atoms with Crippen molar-refractivity contribution in [2.24, 2.45) is 0 Å². The van der Waals surface area contributed by atoms with Crippen LogP contribution in [0.5, 0.6) is 0 Å². The monoisotopic (exact) mass is 266 g/mol. The van der Waals surface area contributed by atoms with Gasteiger partial charge in [0.15, 0.2) is 12.0 Å². The van der Waals surface area contributed by atoms with Crippen molar-refractivity contribution in [1.82, 2.24) is 30.5 Å². The van der Waals surface area contributed by atoms with Crippen molar-refractivity contribution in [3.8, 4) is 0 Å². The first kappa shape index (κ1) is 12.7. The standard InChI is InChI=1S/C9H10N6O4/c16-8(17)4-15-3-6(13-14-15)9(18)10-2-1-7-11-5-12-19-7/h3,5H,1-2,4H2,(H,10,18)(H,16,17). The Labute approximate surface area is 106 Å². The van der Waals surface area contributed by atoms with Gasteiger partial charge in [-0.1, -0.05) is 10.4 Å². The predicted octanol–water partition coefficient (Wildman–Crippen LogP) is -1.28. The second-order valence-electron chi connectivity index (χ2n) is 3.54. The summed E-state index contributed by atoms with van der Waals surface area (Å²) in [5.41, 5.74) is 0.0479. The maximum absolute atomic E-state index is 11.6. The number of carboxylic acids is 1. The van der Waals surface area contributed by atoms with Gasteiger partial charge in [-0.25, -0.2) is 4.68 Å². The summed E-state index contributed by atoms with van der Waals surface area (Å²) >= 11 is 0. The minimum Gasteiger partial charge on any atom is -0.480 e. The third kappa shape index (κ3) is 3.59. The number of hydrogen-bond acceptors (Lipinski definition) is 7. The van der Waals surface area contributed by atoms with Gasteiger partial charge in [0.25, 0.3) is 5.91 Å². The normalized spacial score (nSPS) is 10.3. The highest BCUT2D eigenvalue weighted by Crippen LogP contribution is 1.95. The molecule has 0 atom stereocenters. The van der Waals surface area contributed by atoms with E-state index in [-0.39, 0.29) is 12.2 Å². The van der Waals surface area contributed by atoms with E-state index in [1.165, 1.54) is 12.5 Å². The zero-order chi connectivity index (χ0) is 13.7. The number of carboxylic acid groups (broad SMARTS) is 1. The lowest BCUT2D eigenvalue weighted by Crippen LogP contribution is -2.26. The second kappa shape index (κ2) is 5.71. The number of nitrogens with zero attached hydrogens (tertiary/aromatic N) is 5. The van der Waals surface area contributed by atoms with Crippen LogP contribution in [-0.4, -0.2) is 48.7 Å². The quantitative estimate of drug-likeness (QED) is 0.659. The Morgan fingerprint density at radius 3 is 3.00 bits per heavy atom. The Kier molecular flexibility index (Phi) is 3.81. The topological polar surface area (TPSA) is 136 Å². The molecule has 2 heterocycles. The number of nitrogens with one attached hydrogen (secondary N) is 1. The van der Waals surface area contributed by atoms with Crippen LogP contribution in [0.1, 0.15) is 16.4 Å². The molecule has 0 unspecified atom stereocenters. The zero-order valence-corrected chi connectivity index (χ0v) is 9.68. The van der Waals surface area contributed by atoms with Crippen LogP contribution < -0.4 is 5.32 Å². The maximum atomic E-state index is 11.6. The van der Waals surface area contributed by atoms with Gasteiger partial charge in [0, 0.05) is 13.0 Å². The van der Waals surface area contributed by atoms with Crippen LogP contribution in [0.15, 0.2) is 17.0 Å². The third-order valence-corrected chi connectivity index (χ3v) is 2.10. The average molecular weight is 266 g/mol. The number of hydrogen-bond donors (Lipinski definition) is 2. The van der Waals surface area contributed by atoms with Crippen LogP contribution in [0.4, 0.5) is 0 Å². The lowest BCUT2D eigenvalue weighted by molar-refractivity contribution is -0.137. The molecule has 0 saturated carbocycles. The molecule has 1 amide bonds. The molecular weight excluding hydrogens is 256 g/mol. The number of amides is 1. The zero-order valence-electron chi connectivity index (χ0n) is 9.68. The summed E-state index contributed by atoms with van der Waals surface area (Å²) < 4.78 is 5.82. The molecule has 0 aliphatic rings. The fraction of sp³-hybridized carbons (Fsp3) is 0.333. The Morgan fingerprint density at radius 2 is 2.32 bits per heavy atom. The molecule has 2 aromatic rings. The van der Waals surface area contributed by atoms with Crippen LogP contribution in [0.2, 0.25) is 0 Å². The summed E-state index contributed by atoms with van der Waals surface area (Å²) in [6.07, 6.45) is 2.93. The summed E-state index contributed by atoms with van der Waals surface area (Å²) in [4.78, 5) is 25.9. The van der Waals surface area contributed by atoms with E-state index < -0.39 is 11.9 Å². The van der Waals surface area contributed by atoms with Gasteiger partial charge in [0.2, 0.25) is 5.89 Å². The number of carbonyl (C=O) groups excluding carboxylic acids is 1. The highest BCUT2D eigenvalue weighted by atomic mass is 16.5. The Bertz CT molecular complexity index is 563. The first-order valence-corrected chi connectivity index (χ1v) is 5.31. The van der Waals surface area contributed by atoms with E-state index in [4.69, 9.17) is 9.63 Å². The van der Waals surface area contributed by atoms with Gasteiger partial charge >= 0.3 is 5.97 Å². The van der Waals surface area contributed by atoms with E-state index in [0.717, 1.165) is 4.68 Å². The summed E-state index contributed by atoms with van der Waals surface area (Å²) in [7, 11) is 0. The number of carbonyl (C=O) groups is 2. The number of rotatable bonds is 6. The minimum atomic E-state index is -1.06. The van der Waals surface area contributed by atoms with E-state index in [2.05, 4.69) is 25.8 Å². The molecule has 100 valence electrons. The summed E-state index contributed by atoms with van der Waals surface area (Å²) in [6.45, 7) is -0.0465. The molecule has 0 spiro atoms. The van der Waals surface area contributed by atoms with Gasteiger partial charge in [-0.2, -0.15) is 4.98 Å². The molecule has 0 fully saturated rings. The molecule has 2 aromatic heterocycles. The molecule has 10 heteroatoms. The Morgan fingerprint density at radius 1 is 1.47 bits per heavy atom. The number of aromatic nitrogens is 5. The van der Waals surface area contributed by atoms with Crippen LogP contribution in [0, 0.1) is 0 Å². The lowest BCUT2D eigenvalue weighted by atomic mass is 10.4. The van der Waals surface area contributed by atoms with E-state index in [1.54, 1.807) is 0 Å². The molecule has 10 nitrogen and oxygen atoms in total. The predicted molar refractivity (Wildman–Crippen MR) is 58.0 cm³/mol. The first-order valence-electron chi connectivity index (χ1n) is 5.31. The van der Waals surface area contributed by atoms with E-state index in [1.807, 2.05) is 0 Å². The van der Waals surface area contributed by atoms with Crippen molar-refractivity contribution in [3.63, 3.8) is 0 Å². The molecule has 0 saturated heterocycles. The first-order chi connectivity index (χ1) is 9.15. The fourth-order valence-corrected chi connectivity index (χ4v) is 1.30. The lowest BCUT2D eigenvalue weighted by Gasteiger charge is -1.99. The van der Waals surface area contributed by atoms with Gasteiger partial charge < -0.3 is 14.9 Å². The van der Waals surface area contributed by atoms with Crippen molar-refractivity contribution in [1.29, 1.82) is 0 Å². The Balaban J connectivity index is 1.82. The molecule has 0 aromatic carbocycles. The molecule has 2 rings (SSSR count). The van der Waals surface area contributed by atoms with Gasteiger partial charge in [0.05, 0.1) is 6.20 Å². The van der Waals surface area contributed by atoms with Crippen LogP contribution in [0.3, 0.4) is 0 Å². The number of aliphatic carboxylic acids is 1. The van der Waals surface area contributed by atoms with Gasteiger partial charge in [0.1, 0.15) is 6.54 Å². The molecule has 0 bridgehead atoms. The SMILES string of the molecule is O=C(O)Cn1cc(C(=O)NCCc2ncno2)nn1. The van der Waals surface area contributed by atoms with Gasteiger partial charge in [-0.05, 0) is 0 Å². The molecule has 0 aliphatic heterocycles. The van der Waals surface area contributed by atoms with Crippen molar-refractivity contribution in [3.05, 3.63) is 24.1 Å². The fourth-order valence-electron chi connectivity index (χ4n) is 1.30. The van der Waals surface area contributed by atoms with Crippen molar-refractivity contribution < 1.29 is 19.2 Å². The molecule has 2 N–H and O–H groups in total. The van der Waals surface area contributed by atoms with Crippen molar-refractivity contribution in [2.75, 3.05) is 6.54 Å². The van der Waals surface area contributed by atoms with Gasteiger partial charge in [-0.15, -0.1) is 5.10 Å². The molecular formula is C9H10N6O4. The highest BCUT2D eigenvalue weighted by Gasteiger charge is 2.11.